The molecule has 3 nitrogen and oxygen atoms in total. The summed E-state index contributed by atoms with van der Waals surface area (Å²) in [4.78, 5) is 11.2. The summed E-state index contributed by atoms with van der Waals surface area (Å²) < 4.78 is 5.47. The van der Waals surface area contributed by atoms with Crippen LogP contribution in [0, 0.1) is 13.8 Å². The van der Waals surface area contributed by atoms with Gasteiger partial charge < -0.3 is 9.84 Å². The maximum atomic E-state index is 11.2. The molecule has 88 valence electrons. The molecule has 0 amide bonds. The highest BCUT2D eigenvalue weighted by atomic mass is 35.5. The van der Waals surface area contributed by atoms with Crippen LogP contribution in [-0.2, 0) is 0 Å². The van der Waals surface area contributed by atoms with Gasteiger partial charge in [-0.3, -0.25) is 0 Å². The van der Waals surface area contributed by atoms with Crippen molar-refractivity contribution < 1.29 is 14.6 Å². The summed E-state index contributed by atoms with van der Waals surface area (Å²) in [7, 11) is 0. The molecule has 0 unspecified atom stereocenters. The Morgan fingerprint density at radius 1 is 1.50 bits per heavy atom. The summed E-state index contributed by atoms with van der Waals surface area (Å²) in [5.74, 6) is -0.578. The Kier molecular flexibility index (Phi) is 4.19. The lowest BCUT2D eigenvalue weighted by atomic mass is 10.0. The number of carboxylic acid groups (broad SMARTS) is 1. The zero-order valence-electron chi connectivity index (χ0n) is 9.63. The zero-order chi connectivity index (χ0) is 12.3. The topological polar surface area (TPSA) is 46.5 Å². The van der Waals surface area contributed by atoms with Gasteiger partial charge in [-0.1, -0.05) is 18.5 Å². The molecule has 16 heavy (non-hydrogen) atoms. The smallest absolute Gasteiger partial charge is 0.339 e. The first-order valence-corrected chi connectivity index (χ1v) is 5.52. The molecule has 4 heteroatoms. The van der Waals surface area contributed by atoms with Crippen molar-refractivity contribution in [2.75, 3.05) is 6.61 Å². The first-order valence-electron chi connectivity index (χ1n) is 5.14. The Labute approximate surface area is 100.0 Å². The van der Waals surface area contributed by atoms with Gasteiger partial charge in [0, 0.05) is 5.02 Å². The molecule has 1 aromatic rings. The Balaban J connectivity index is 3.32. The number of aromatic carboxylic acids is 1. The highest BCUT2D eigenvalue weighted by Gasteiger charge is 2.19. The number of ether oxygens (including phenoxy) is 1. The van der Waals surface area contributed by atoms with Gasteiger partial charge in [-0.05, 0) is 37.5 Å². The molecule has 0 heterocycles. The predicted molar refractivity (Wildman–Crippen MR) is 63.7 cm³/mol. The normalized spacial score (nSPS) is 10.2. The number of carbonyl (C=O) groups is 1. The number of hydrogen-bond acceptors (Lipinski definition) is 2. The number of aryl methyl sites for hydroxylation is 1. The Morgan fingerprint density at radius 2 is 2.12 bits per heavy atom. The number of rotatable bonds is 4. The minimum absolute atomic E-state index is 0.165. The third kappa shape index (κ3) is 2.47. The average Bonchev–Trinajstić information content (AvgIpc) is 2.20. The largest absolute Gasteiger partial charge is 0.492 e. The monoisotopic (exact) mass is 242 g/mol. The summed E-state index contributed by atoms with van der Waals surface area (Å²) in [5, 5.41) is 9.61. The van der Waals surface area contributed by atoms with Crippen molar-refractivity contribution in [3.8, 4) is 5.75 Å². The van der Waals surface area contributed by atoms with Crippen molar-refractivity contribution >= 4 is 17.6 Å². The molecule has 0 aliphatic heterocycles. The van der Waals surface area contributed by atoms with E-state index in [1.165, 1.54) is 0 Å². The van der Waals surface area contributed by atoms with Gasteiger partial charge in [0.1, 0.15) is 11.3 Å². The Bertz CT molecular complexity index is 413. The summed E-state index contributed by atoms with van der Waals surface area (Å²) in [6.45, 7) is 5.95. The van der Waals surface area contributed by atoms with Crippen LogP contribution in [0.1, 0.15) is 34.8 Å². The summed E-state index contributed by atoms with van der Waals surface area (Å²) in [6, 6.07) is 1.73. The maximum Gasteiger partial charge on any atom is 0.339 e. The van der Waals surface area contributed by atoms with E-state index in [0.29, 0.717) is 22.9 Å². The molecule has 0 bridgehead atoms. The molecule has 1 aromatic carbocycles. The molecular weight excluding hydrogens is 228 g/mol. The van der Waals surface area contributed by atoms with Crippen LogP contribution >= 0.6 is 11.6 Å². The fourth-order valence-electron chi connectivity index (χ4n) is 1.50. The average molecular weight is 243 g/mol. The van der Waals surface area contributed by atoms with Gasteiger partial charge in [0.15, 0.2) is 0 Å². The maximum absolute atomic E-state index is 11.2. The zero-order valence-corrected chi connectivity index (χ0v) is 10.4. The van der Waals surface area contributed by atoms with Gasteiger partial charge in [0.05, 0.1) is 6.61 Å². The van der Waals surface area contributed by atoms with Crippen molar-refractivity contribution in [2.24, 2.45) is 0 Å². The number of carboxylic acids is 1. The van der Waals surface area contributed by atoms with E-state index in [2.05, 4.69) is 0 Å². The van der Waals surface area contributed by atoms with Crippen LogP contribution in [0.3, 0.4) is 0 Å². The molecule has 0 aromatic heterocycles. The molecule has 0 radical (unpaired) electrons. The van der Waals surface area contributed by atoms with Crippen LogP contribution in [0.15, 0.2) is 6.07 Å². The molecule has 0 saturated carbocycles. The van der Waals surface area contributed by atoms with Gasteiger partial charge in [0.25, 0.3) is 0 Å². The van der Waals surface area contributed by atoms with E-state index < -0.39 is 5.97 Å². The van der Waals surface area contributed by atoms with Gasteiger partial charge in [-0.15, -0.1) is 0 Å². The van der Waals surface area contributed by atoms with Crippen molar-refractivity contribution in [3.05, 3.63) is 27.8 Å². The lowest BCUT2D eigenvalue weighted by Gasteiger charge is -2.14. The number of hydrogen-bond donors (Lipinski definition) is 1. The van der Waals surface area contributed by atoms with E-state index in [1.807, 2.05) is 6.92 Å². The SMILES string of the molecule is CCCOc1c(C)cc(Cl)c(C)c1C(=O)O. The summed E-state index contributed by atoms with van der Waals surface area (Å²) in [5.41, 5.74) is 1.46. The quantitative estimate of drug-likeness (QED) is 0.880. The minimum Gasteiger partial charge on any atom is -0.492 e. The fraction of sp³-hybridized carbons (Fsp3) is 0.417. The summed E-state index contributed by atoms with van der Waals surface area (Å²) in [6.07, 6.45) is 0.834. The molecule has 1 rings (SSSR count). The first kappa shape index (κ1) is 12.8. The van der Waals surface area contributed by atoms with Crippen LogP contribution in [0.4, 0.5) is 0 Å². The number of benzene rings is 1. The third-order valence-electron chi connectivity index (χ3n) is 2.33. The second-order valence-electron chi connectivity index (χ2n) is 3.66. The lowest BCUT2D eigenvalue weighted by Crippen LogP contribution is -2.08. The van der Waals surface area contributed by atoms with E-state index in [9.17, 15) is 4.79 Å². The molecule has 0 aliphatic carbocycles. The molecule has 1 N–H and O–H groups in total. The second kappa shape index (κ2) is 5.21. The van der Waals surface area contributed by atoms with Gasteiger partial charge in [0.2, 0.25) is 0 Å². The Morgan fingerprint density at radius 3 is 2.62 bits per heavy atom. The van der Waals surface area contributed by atoms with E-state index in [0.717, 1.165) is 12.0 Å². The first-order chi connectivity index (χ1) is 7.49. The molecule has 0 saturated heterocycles. The molecular formula is C12H15ClO3. The van der Waals surface area contributed by atoms with E-state index >= 15 is 0 Å². The number of halogens is 1. The minimum atomic E-state index is -1.01. The van der Waals surface area contributed by atoms with Gasteiger partial charge >= 0.3 is 5.97 Å². The third-order valence-corrected chi connectivity index (χ3v) is 2.72. The van der Waals surface area contributed by atoms with Gasteiger partial charge in [-0.25, -0.2) is 4.79 Å². The van der Waals surface area contributed by atoms with E-state index in [-0.39, 0.29) is 5.56 Å². The molecule has 0 spiro atoms. The van der Waals surface area contributed by atoms with E-state index in [1.54, 1.807) is 19.9 Å². The van der Waals surface area contributed by atoms with Crippen molar-refractivity contribution in [1.29, 1.82) is 0 Å². The lowest BCUT2D eigenvalue weighted by molar-refractivity contribution is 0.0691. The van der Waals surface area contributed by atoms with Gasteiger partial charge in [-0.2, -0.15) is 0 Å². The molecule has 0 atom stereocenters. The Hall–Kier alpha value is -1.22. The van der Waals surface area contributed by atoms with Crippen LogP contribution in [-0.4, -0.2) is 17.7 Å². The van der Waals surface area contributed by atoms with Crippen molar-refractivity contribution in [1.82, 2.24) is 0 Å². The molecule has 0 fully saturated rings. The molecule has 0 aliphatic rings. The van der Waals surface area contributed by atoms with Crippen molar-refractivity contribution in [3.63, 3.8) is 0 Å². The highest BCUT2D eigenvalue weighted by molar-refractivity contribution is 6.32. The van der Waals surface area contributed by atoms with Crippen molar-refractivity contribution in [2.45, 2.75) is 27.2 Å². The van der Waals surface area contributed by atoms with Crippen LogP contribution in [0.2, 0.25) is 5.02 Å². The predicted octanol–water partition coefficient (Wildman–Crippen LogP) is 3.44. The second-order valence-corrected chi connectivity index (χ2v) is 4.07. The van der Waals surface area contributed by atoms with E-state index in [4.69, 9.17) is 21.4 Å². The van der Waals surface area contributed by atoms with Crippen LogP contribution < -0.4 is 4.74 Å². The highest BCUT2D eigenvalue weighted by Crippen LogP contribution is 2.32. The van der Waals surface area contributed by atoms with Crippen LogP contribution in [0.25, 0.3) is 0 Å². The standard InChI is InChI=1S/C12H15ClO3/c1-4-5-16-11-7(2)6-9(13)8(3)10(11)12(14)15/h6H,4-5H2,1-3H3,(H,14,15). The van der Waals surface area contributed by atoms with Crippen LogP contribution in [0.5, 0.6) is 5.75 Å². The fourth-order valence-corrected chi connectivity index (χ4v) is 1.76. The summed E-state index contributed by atoms with van der Waals surface area (Å²) >= 11 is 5.95.